The summed E-state index contributed by atoms with van der Waals surface area (Å²) in [5.74, 6) is 0. The Morgan fingerprint density at radius 3 is 2.69 bits per heavy atom. The van der Waals surface area contributed by atoms with Gasteiger partial charge in [-0.05, 0) is 30.9 Å². The highest BCUT2D eigenvalue weighted by Gasteiger charge is 2.16. The Balaban J connectivity index is 1.88. The highest BCUT2D eigenvalue weighted by molar-refractivity contribution is 5.13. The molecule has 2 heterocycles. The van der Waals surface area contributed by atoms with Gasteiger partial charge in [-0.1, -0.05) is 13.0 Å². The number of aryl methyl sites for hydroxylation is 1. The predicted octanol–water partition coefficient (Wildman–Crippen LogP) is 1.60. The molecule has 0 unspecified atom stereocenters. The van der Waals surface area contributed by atoms with Crippen LogP contribution in [0.3, 0.4) is 0 Å². The molecule has 1 aromatic heterocycles. The molecule has 1 N–H and O–H groups in total. The molecule has 1 aliphatic heterocycles. The van der Waals surface area contributed by atoms with Crippen molar-refractivity contribution in [3.8, 4) is 0 Å². The smallest absolute Gasteiger partial charge is 0.0564 e. The third-order valence-corrected chi connectivity index (χ3v) is 3.24. The van der Waals surface area contributed by atoms with Gasteiger partial charge < -0.3 is 5.11 Å². The van der Waals surface area contributed by atoms with Crippen LogP contribution in [0, 0.1) is 0 Å². The summed E-state index contributed by atoms with van der Waals surface area (Å²) in [6, 6.07) is 4.27. The number of aliphatic hydroxyl groups is 1. The van der Waals surface area contributed by atoms with Crippen molar-refractivity contribution < 1.29 is 5.11 Å². The fraction of sp³-hybridized carbons (Fsp3) is 0.615. The summed E-state index contributed by atoms with van der Waals surface area (Å²) in [5.41, 5.74) is 2.42. The number of hydrogen-bond acceptors (Lipinski definition) is 3. The summed E-state index contributed by atoms with van der Waals surface area (Å²) in [5, 5.41) is 9.42. The van der Waals surface area contributed by atoms with Gasteiger partial charge in [-0.25, -0.2) is 0 Å². The van der Waals surface area contributed by atoms with E-state index in [0.29, 0.717) is 0 Å². The van der Waals surface area contributed by atoms with Crippen molar-refractivity contribution in [2.24, 2.45) is 0 Å². The second kappa shape index (κ2) is 5.41. The number of hydrogen-bond donors (Lipinski definition) is 1. The lowest BCUT2D eigenvalue weighted by molar-refractivity contribution is 0.0786. The summed E-state index contributed by atoms with van der Waals surface area (Å²) < 4.78 is 0. The second-order valence-corrected chi connectivity index (χ2v) is 4.52. The van der Waals surface area contributed by atoms with Crippen LogP contribution in [0.15, 0.2) is 18.3 Å². The number of aromatic nitrogens is 1. The van der Waals surface area contributed by atoms with Crippen LogP contribution in [0.5, 0.6) is 0 Å². The van der Waals surface area contributed by atoms with Crippen molar-refractivity contribution in [3.63, 3.8) is 0 Å². The Morgan fingerprint density at radius 2 is 2.12 bits per heavy atom. The fourth-order valence-corrected chi connectivity index (χ4v) is 2.06. The average molecular weight is 220 g/mol. The molecule has 2 rings (SSSR count). The Labute approximate surface area is 97.1 Å². The van der Waals surface area contributed by atoms with Crippen molar-refractivity contribution in [1.29, 1.82) is 0 Å². The zero-order valence-electron chi connectivity index (χ0n) is 9.89. The molecule has 1 aromatic rings. The van der Waals surface area contributed by atoms with E-state index >= 15 is 0 Å². The molecule has 0 saturated carbocycles. The van der Waals surface area contributed by atoms with Crippen molar-refractivity contribution >= 4 is 0 Å². The van der Waals surface area contributed by atoms with E-state index in [4.69, 9.17) is 0 Å². The van der Waals surface area contributed by atoms with E-state index in [1.807, 2.05) is 6.20 Å². The van der Waals surface area contributed by atoms with Crippen molar-refractivity contribution in [1.82, 2.24) is 9.88 Å². The van der Waals surface area contributed by atoms with E-state index in [1.165, 1.54) is 5.56 Å². The molecule has 1 aliphatic rings. The van der Waals surface area contributed by atoms with Crippen molar-refractivity contribution in [2.45, 2.75) is 38.8 Å². The number of aliphatic hydroxyl groups excluding tert-OH is 1. The SMILES string of the molecule is CCc1ccc(CN2CCC(O)CC2)nc1. The van der Waals surface area contributed by atoms with E-state index in [2.05, 4.69) is 28.9 Å². The van der Waals surface area contributed by atoms with E-state index < -0.39 is 0 Å². The molecule has 0 aromatic carbocycles. The first-order valence-electron chi connectivity index (χ1n) is 6.12. The maximum Gasteiger partial charge on any atom is 0.0564 e. The standard InChI is InChI=1S/C13H20N2O/c1-2-11-3-4-12(14-9-11)10-15-7-5-13(16)6-8-15/h3-4,9,13,16H,2,5-8,10H2,1H3. The number of nitrogens with zero attached hydrogens (tertiary/aromatic N) is 2. The largest absolute Gasteiger partial charge is 0.393 e. The number of piperidine rings is 1. The topological polar surface area (TPSA) is 36.4 Å². The first kappa shape index (κ1) is 11.6. The van der Waals surface area contributed by atoms with E-state index in [9.17, 15) is 5.11 Å². The second-order valence-electron chi connectivity index (χ2n) is 4.52. The minimum absolute atomic E-state index is 0.0910. The summed E-state index contributed by atoms with van der Waals surface area (Å²) in [6.45, 7) is 5.02. The molecular formula is C13H20N2O. The summed E-state index contributed by atoms with van der Waals surface area (Å²) in [4.78, 5) is 6.82. The Bertz CT molecular complexity index is 315. The molecule has 1 fully saturated rings. The van der Waals surface area contributed by atoms with Crippen LogP contribution in [0.25, 0.3) is 0 Å². The Hall–Kier alpha value is -0.930. The lowest BCUT2D eigenvalue weighted by Crippen LogP contribution is -2.35. The molecule has 3 nitrogen and oxygen atoms in total. The zero-order chi connectivity index (χ0) is 11.4. The highest BCUT2D eigenvalue weighted by atomic mass is 16.3. The third-order valence-electron chi connectivity index (χ3n) is 3.24. The van der Waals surface area contributed by atoms with Crippen LogP contribution in [-0.4, -0.2) is 34.2 Å². The first-order valence-corrected chi connectivity index (χ1v) is 6.12. The summed E-state index contributed by atoms with van der Waals surface area (Å²) in [7, 11) is 0. The Morgan fingerprint density at radius 1 is 1.38 bits per heavy atom. The predicted molar refractivity (Wildman–Crippen MR) is 64.1 cm³/mol. The normalized spacial score (nSPS) is 18.9. The molecule has 88 valence electrons. The molecule has 0 bridgehead atoms. The van der Waals surface area contributed by atoms with Gasteiger partial charge in [0.1, 0.15) is 0 Å². The number of likely N-dealkylation sites (tertiary alicyclic amines) is 1. The minimum atomic E-state index is -0.0910. The monoisotopic (exact) mass is 220 g/mol. The van der Waals surface area contributed by atoms with Crippen LogP contribution >= 0.6 is 0 Å². The average Bonchev–Trinajstić information content (AvgIpc) is 2.33. The van der Waals surface area contributed by atoms with Gasteiger partial charge in [0, 0.05) is 25.8 Å². The lowest BCUT2D eigenvalue weighted by atomic mass is 10.1. The number of pyridine rings is 1. The minimum Gasteiger partial charge on any atom is -0.393 e. The van der Waals surface area contributed by atoms with Crippen LogP contribution < -0.4 is 0 Å². The van der Waals surface area contributed by atoms with Gasteiger partial charge in [-0.2, -0.15) is 0 Å². The van der Waals surface area contributed by atoms with Gasteiger partial charge in [-0.15, -0.1) is 0 Å². The molecular weight excluding hydrogens is 200 g/mol. The van der Waals surface area contributed by atoms with Gasteiger partial charge >= 0.3 is 0 Å². The molecule has 1 saturated heterocycles. The van der Waals surface area contributed by atoms with Crippen LogP contribution in [0.1, 0.15) is 31.0 Å². The zero-order valence-corrected chi connectivity index (χ0v) is 9.89. The van der Waals surface area contributed by atoms with Gasteiger partial charge in [0.2, 0.25) is 0 Å². The van der Waals surface area contributed by atoms with E-state index in [0.717, 1.165) is 44.6 Å². The molecule has 0 atom stereocenters. The van der Waals surface area contributed by atoms with Gasteiger partial charge in [0.15, 0.2) is 0 Å². The van der Waals surface area contributed by atoms with Gasteiger partial charge in [0.25, 0.3) is 0 Å². The summed E-state index contributed by atoms with van der Waals surface area (Å²) >= 11 is 0. The summed E-state index contributed by atoms with van der Waals surface area (Å²) in [6.07, 6.45) is 4.71. The molecule has 0 spiro atoms. The highest BCUT2D eigenvalue weighted by Crippen LogP contribution is 2.12. The Kier molecular flexibility index (Phi) is 3.91. The van der Waals surface area contributed by atoms with Crippen molar-refractivity contribution in [3.05, 3.63) is 29.6 Å². The molecule has 0 amide bonds. The maximum atomic E-state index is 9.42. The first-order chi connectivity index (χ1) is 7.78. The third kappa shape index (κ3) is 3.03. The molecule has 16 heavy (non-hydrogen) atoms. The molecule has 0 aliphatic carbocycles. The van der Waals surface area contributed by atoms with Gasteiger partial charge in [0.05, 0.1) is 11.8 Å². The quantitative estimate of drug-likeness (QED) is 0.840. The van der Waals surface area contributed by atoms with Crippen molar-refractivity contribution in [2.75, 3.05) is 13.1 Å². The van der Waals surface area contributed by atoms with E-state index in [-0.39, 0.29) is 6.10 Å². The molecule has 3 heteroatoms. The fourth-order valence-electron chi connectivity index (χ4n) is 2.06. The van der Waals surface area contributed by atoms with Gasteiger partial charge in [-0.3, -0.25) is 9.88 Å². The van der Waals surface area contributed by atoms with Crippen LogP contribution in [-0.2, 0) is 13.0 Å². The van der Waals surface area contributed by atoms with Crippen LogP contribution in [0.4, 0.5) is 0 Å². The lowest BCUT2D eigenvalue weighted by Gasteiger charge is -2.29. The van der Waals surface area contributed by atoms with Crippen LogP contribution in [0.2, 0.25) is 0 Å². The van der Waals surface area contributed by atoms with E-state index in [1.54, 1.807) is 0 Å². The molecule has 0 radical (unpaired) electrons. The number of rotatable bonds is 3. The maximum absolute atomic E-state index is 9.42.